The SMILES string of the molecule is CCCCCNC(=O)C(C)NCCc1ccc(F)cc1. The highest BCUT2D eigenvalue weighted by Crippen LogP contribution is 2.02. The number of halogens is 1. The number of carbonyl (C=O) groups excluding carboxylic acids is 1. The van der Waals surface area contributed by atoms with E-state index in [1.54, 1.807) is 12.1 Å². The summed E-state index contributed by atoms with van der Waals surface area (Å²) in [6.45, 7) is 5.45. The van der Waals surface area contributed by atoms with E-state index >= 15 is 0 Å². The highest BCUT2D eigenvalue weighted by atomic mass is 19.1. The van der Waals surface area contributed by atoms with Crippen LogP contribution in [-0.4, -0.2) is 25.0 Å². The van der Waals surface area contributed by atoms with Crippen LogP contribution in [0.1, 0.15) is 38.7 Å². The molecule has 1 unspecified atom stereocenters. The van der Waals surface area contributed by atoms with Crippen molar-refractivity contribution >= 4 is 5.91 Å². The van der Waals surface area contributed by atoms with Gasteiger partial charge in [0.05, 0.1) is 6.04 Å². The van der Waals surface area contributed by atoms with Crippen LogP contribution >= 0.6 is 0 Å². The smallest absolute Gasteiger partial charge is 0.236 e. The molecular weight excluding hydrogens is 255 g/mol. The third kappa shape index (κ3) is 6.66. The van der Waals surface area contributed by atoms with Crippen molar-refractivity contribution in [3.8, 4) is 0 Å². The van der Waals surface area contributed by atoms with Gasteiger partial charge in [0.1, 0.15) is 5.82 Å². The molecule has 0 radical (unpaired) electrons. The quantitative estimate of drug-likeness (QED) is 0.683. The fourth-order valence-corrected chi connectivity index (χ4v) is 1.92. The molecule has 3 nitrogen and oxygen atoms in total. The number of rotatable bonds is 9. The topological polar surface area (TPSA) is 41.1 Å². The maximum atomic E-state index is 12.7. The lowest BCUT2D eigenvalue weighted by Gasteiger charge is -2.14. The fourth-order valence-electron chi connectivity index (χ4n) is 1.92. The second-order valence-corrected chi connectivity index (χ2v) is 5.05. The van der Waals surface area contributed by atoms with Crippen LogP contribution in [0, 0.1) is 5.82 Å². The van der Waals surface area contributed by atoms with Crippen LogP contribution in [0.3, 0.4) is 0 Å². The summed E-state index contributed by atoms with van der Waals surface area (Å²) in [6.07, 6.45) is 4.12. The summed E-state index contributed by atoms with van der Waals surface area (Å²) in [7, 11) is 0. The van der Waals surface area contributed by atoms with Crippen molar-refractivity contribution in [3.05, 3.63) is 35.6 Å². The molecule has 0 bridgehead atoms. The van der Waals surface area contributed by atoms with Crippen molar-refractivity contribution in [2.45, 2.75) is 45.6 Å². The average Bonchev–Trinajstić information content (AvgIpc) is 2.45. The van der Waals surface area contributed by atoms with E-state index < -0.39 is 0 Å². The van der Waals surface area contributed by atoms with Gasteiger partial charge in [-0.1, -0.05) is 31.9 Å². The standard InChI is InChI=1S/C16H25FN2O/c1-3-4-5-11-19-16(20)13(2)18-12-10-14-6-8-15(17)9-7-14/h6-9,13,18H,3-5,10-12H2,1-2H3,(H,19,20). The lowest BCUT2D eigenvalue weighted by atomic mass is 10.1. The lowest BCUT2D eigenvalue weighted by Crippen LogP contribution is -2.43. The van der Waals surface area contributed by atoms with Crippen molar-refractivity contribution in [1.82, 2.24) is 10.6 Å². The molecule has 0 saturated carbocycles. The largest absolute Gasteiger partial charge is 0.355 e. The molecule has 0 saturated heterocycles. The van der Waals surface area contributed by atoms with Gasteiger partial charge in [0.2, 0.25) is 5.91 Å². The molecule has 0 aromatic heterocycles. The maximum Gasteiger partial charge on any atom is 0.236 e. The van der Waals surface area contributed by atoms with E-state index in [4.69, 9.17) is 0 Å². The molecule has 20 heavy (non-hydrogen) atoms. The van der Waals surface area contributed by atoms with E-state index in [9.17, 15) is 9.18 Å². The van der Waals surface area contributed by atoms with Crippen LogP contribution < -0.4 is 10.6 Å². The van der Waals surface area contributed by atoms with Crippen molar-refractivity contribution in [1.29, 1.82) is 0 Å². The Kier molecular flexibility index (Phi) is 7.88. The highest BCUT2D eigenvalue weighted by molar-refractivity contribution is 5.81. The third-order valence-electron chi connectivity index (χ3n) is 3.25. The minimum absolute atomic E-state index is 0.0419. The van der Waals surface area contributed by atoms with Gasteiger partial charge in [0.15, 0.2) is 0 Å². The van der Waals surface area contributed by atoms with Gasteiger partial charge in [-0.15, -0.1) is 0 Å². The summed E-state index contributed by atoms with van der Waals surface area (Å²) < 4.78 is 12.7. The number of hydrogen-bond donors (Lipinski definition) is 2. The summed E-state index contributed by atoms with van der Waals surface area (Å²) >= 11 is 0. The fraction of sp³-hybridized carbons (Fsp3) is 0.562. The van der Waals surface area contributed by atoms with Crippen molar-refractivity contribution < 1.29 is 9.18 Å². The van der Waals surface area contributed by atoms with Crippen LogP contribution in [0.4, 0.5) is 4.39 Å². The molecule has 2 N–H and O–H groups in total. The Morgan fingerprint density at radius 2 is 1.90 bits per heavy atom. The van der Waals surface area contributed by atoms with Crippen molar-refractivity contribution in [3.63, 3.8) is 0 Å². The first-order valence-corrected chi connectivity index (χ1v) is 7.39. The Morgan fingerprint density at radius 1 is 1.20 bits per heavy atom. The molecule has 1 atom stereocenters. The number of unbranched alkanes of at least 4 members (excludes halogenated alkanes) is 2. The molecule has 112 valence electrons. The summed E-state index contributed by atoms with van der Waals surface area (Å²) in [4.78, 5) is 11.8. The Balaban J connectivity index is 2.17. The molecule has 0 aliphatic carbocycles. The van der Waals surface area contributed by atoms with Gasteiger partial charge in [-0.25, -0.2) is 4.39 Å². The molecule has 0 heterocycles. The third-order valence-corrected chi connectivity index (χ3v) is 3.25. The summed E-state index contributed by atoms with van der Waals surface area (Å²) in [5.74, 6) is -0.179. The molecule has 0 spiro atoms. The Hall–Kier alpha value is -1.42. The van der Waals surface area contributed by atoms with Crippen LogP contribution in [0.25, 0.3) is 0 Å². The van der Waals surface area contributed by atoms with Crippen LogP contribution in [0.2, 0.25) is 0 Å². The normalized spacial score (nSPS) is 12.2. The van der Waals surface area contributed by atoms with Gasteiger partial charge in [-0.05, 0) is 44.0 Å². The first-order chi connectivity index (χ1) is 9.63. The number of benzene rings is 1. The Labute approximate surface area is 121 Å². The van der Waals surface area contributed by atoms with E-state index in [1.807, 2.05) is 6.92 Å². The second-order valence-electron chi connectivity index (χ2n) is 5.05. The zero-order chi connectivity index (χ0) is 14.8. The highest BCUT2D eigenvalue weighted by Gasteiger charge is 2.10. The maximum absolute atomic E-state index is 12.7. The molecule has 4 heteroatoms. The minimum atomic E-state index is -0.221. The van der Waals surface area contributed by atoms with Crippen molar-refractivity contribution in [2.75, 3.05) is 13.1 Å². The van der Waals surface area contributed by atoms with Gasteiger partial charge in [-0.3, -0.25) is 4.79 Å². The molecular formula is C16H25FN2O. The van der Waals surface area contributed by atoms with Gasteiger partial charge < -0.3 is 10.6 Å². The van der Waals surface area contributed by atoms with E-state index in [2.05, 4.69) is 17.6 Å². The summed E-state index contributed by atoms with van der Waals surface area (Å²) in [6, 6.07) is 6.26. The first kappa shape index (κ1) is 16.6. The van der Waals surface area contributed by atoms with Crippen LogP contribution in [0.5, 0.6) is 0 Å². The first-order valence-electron chi connectivity index (χ1n) is 7.39. The van der Waals surface area contributed by atoms with Gasteiger partial charge in [0.25, 0.3) is 0 Å². The number of amides is 1. The molecule has 1 amide bonds. The zero-order valence-corrected chi connectivity index (χ0v) is 12.4. The summed E-state index contributed by atoms with van der Waals surface area (Å²) in [5, 5.41) is 6.10. The summed E-state index contributed by atoms with van der Waals surface area (Å²) in [5.41, 5.74) is 1.06. The predicted molar refractivity (Wildman–Crippen MR) is 80.1 cm³/mol. The van der Waals surface area contributed by atoms with Crippen LogP contribution in [0.15, 0.2) is 24.3 Å². The zero-order valence-electron chi connectivity index (χ0n) is 12.4. The van der Waals surface area contributed by atoms with E-state index in [0.717, 1.165) is 37.8 Å². The van der Waals surface area contributed by atoms with E-state index in [1.165, 1.54) is 12.1 Å². The lowest BCUT2D eigenvalue weighted by molar-refractivity contribution is -0.122. The average molecular weight is 280 g/mol. The molecule has 0 aliphatic rings. The second kappa shape index (κ2) is 9.48. The molecule has 1 rings (SSSR count). The molecule has 0 fully saturated rings. The number of carbonyl (C=O) groups is 1. The predicted octanol–water partition coefficient (Wildman–Crippen LogP) is 2.65. The van der Waals surface area contributed by atoms with E-state index in [0.29, 0.717) is 6.54 Å². The minimum Gasteiger partial charge on any atom is -0.355 e. The number of nitrogens with one attached hydrogen (secondary N) is 2. The molecule has 1 aromatic carbocycles. The van der Waals surface area contributed by atoms with E-state index in [-0.39, 0.29) is 17.8 Å². The number of hydrogen-bond acceptors (Lipinski definition) is 2. The van der Waals surface area contributed by atoms with Crippen LogP contribution in [-0.2, 0) is 11.2 Å². The Morgan fingerprint density at radius 3 is 2.55 bits per heavy atom. The van der Waals surface area contributed by atoms with Gasteiger partial charge in [0, 0.05) is 6.54 Å². The molecule has 1 aromatic rings. The monoisotopic (exact) mass is 280 g/mol. The van der Waals surface area contributed by atoms with Crippen molar-refractivity contribution in [2.24, 2.45) is 0 Å². The molecule has 0 aliphatic heterocycles. The Bertz CT molecular complexity index is 392. The van der Waals surface area contributed by atoms with Gasteiger partial charge >= 0.3 is 0 Å². The van der Waals surface area contributed by atoms with Gasteiger partial charge in [-0.2, -0.15) is 0 Å².